The van der Waals surface area contributed by atoms with Gasteiger partial charge in [0.25, 0.3) is 5.22 Å². The SMILES string of the molecule is COc1ccc(-c2nnc(Sc3cn(CC(O)(Cn4cncn4)c4ccc(F)cc4F)nn3)o2)cc1. The van der Waals surface area contributed by atoms with Gasteiger partial charge in [-0.2, -0.15) is 5.10 Å². The van der Waals surface area contributed by atoms with E-state index in [2.05, 4.69) is 30.6 Å². The first-order valence-electron chi connectivity index (χ1n) is 10.5. The summed E-state index contributed by atoms with van der Waals surface area (Å²) in [7, 11) is 1.58. The number of hydrogen-bond donors (Lipinski definition) is 1. The second-order valence-electron chi connectivity index (χ2n) is 7.71. The van der Waals surface area contributed by atoms with Gasteiger partial charge < -0.3 is 14.3 Å². The number of ether oxygens (including phenoxy) is 1. The largest absolute Gasteiger partial charge is 0.497 e. The monoisotopic (exact) mass is 512 g/mol. The molecule has 0 spiro atoms. The molecule has 1 N–H and O–H groups in total. The summed E-state index contributed by atoms with van der Waals surface area (Å²) in [5.74, 6) is -0.632. The molecular formula is C22H18F2N8O3S. The van der Waals surface area contributed by atoms with Crippen LogP contribution in [0.15, 0.2) is 76.0 Å². The molecule has 0 saturated carbocycles. The highest BCUT2D eigenvalue weighted by atomic mass is 32.2. The Hall–Kier alpha value is -4.17. The second kappa shape index (κ2) is 9.83. The zero-order valence-electron chi connectivity index (χ0n) is 18.7. The zero-order chi connectivity index (χ0) is 25.1. The second-order valence-corrected chi connectivity index (χ2v) is 8.68. The van der Waals surface area contributed by atoms with Crippen molar-refractivity contribution < 1.29 is 23.0 Å². The summed E-state index contributed by atoms with van der Waals surface area (Å²) in [6, 6.07) is 10.1. The van der Waals surface area contributed by atoms with Gasteiger partial charge in [-0.1, -0.05) is 11.3 Å². The first-order valence-corrected chi connectivity index (χ1v) is 11.3. The van der Waals surface area contributed by atoms with Crippen molar-refractivity contribution in [3.8, 4) is 17.2 Å². The van der Waals surface area contributed by atoms with Crippen LogP contribution in [0.3, 0.4) is 0 Å². The maximum absolute atomic E-state index is 14.6. The fourth-order valence-electron chi connectivity index (χ4n) is 3.53. The smallest absolute Gasteiger partial charge is 0.283 e. The molecule has 1 unspecified atom stereocenters. The molecule has 0 aliphatic rings. The molecule has 14 heteroatoms. The van der Waals surface area contributed by atoms with Crippen molar-refractivity contribution in [2.24, 2.45) is 0 Å². The third-order valence-corrected chi connectivity index (χ3v) is 5.93. The maximum atomic E-state index is 14.6. The van der Waals surface area contributed by atoms with E-state index in [-0.39, 0.29) is 23.9 Å². The lowest BCUT2D eigenvalue weighted by Gasteiger charge is -2.28. The van der Waals surface area contributed by atoms with Crippen LogP contribution in [0, 0.1) is 11.6 Å². The van der Waals surface area contributed by atoms with Crippen molar-refractivity contribution in [2.75, 3.05) is 7.11 Å². The molecule has 11 nitrogen and oxygen atoms in total. The Bertz CT molecular complexity index is 1460. The summed E-state index contributed by atoms with van der Waals surface area (Å²) in [5, 5.41) is 32.2. The average molecular weight is 513 g/mol. The van der Waals surface area contributed by atoms with Crippen LogP contribution in [0.1, 0.15) is 5.56 Å². The minimum absolute atomic E-state index is 0.120. The Morgan fingerprint density at radius 2 is 1.86 bits per heavy atom. The fourth-order valence-corrected chi connectivity index (χ4v) is 4.17. The summed E-state index contributed by atoms with van der Waals surface area (Å²) >= 11 is 1.07. The highest BCUT2D eigenvalue weighted by Crippen LogP contribution is 2.31. The minimum atomic E-state index is -1.84. The Kier molecular flexibility index (Phi) is 6.43. The Morgan fingerprint density at radius 1 is 1.06 bits per heavy atom. The molecular weight excluding hydrogens is 494 g/mol. The molecule has 5 aromatic rings. The van der Waals surface area contributed by atoms with Crippen molar-refractivity contribution in [1.29, 1.82) is 0 Å². The molecule has 0 aliphatic heterocycles. The van der Waals surface area contributed by atoms with E-state index in [1.807, 2.05) is 0 Å². The van der Waals surface area contributed by atoms with Crippen LogP contribution in [0.2, 0.25) is 0 Å². The van der Waals surface area contributed by atoms with E-state index < -0.39 is 17.2 Å². The van der Waals surface area contributed by atoms with Crippen LogP contribution < -0.4 is 4.74 Å². The first kappa shape index (κ1) is 23.6. The lowest BCUT2D eigenvalue weighted by Crippen LogP contribution is -2.37. The van der Waals surface area contributed by atoms with Crippen molar-refractivity contribution in [2.45, 2.75) is 28.9 Å². The standard InChI is InChI=1S/C22H18F2N8O3S/c1-34-16-5-2-14(3-6-16)20-28-29-21(35-20)36-19-9-31(30-27-19)10-22(33,11-32-13-25-12-26-32)17-7-4-15(23)8-18(17)24/h2-9,12-13,33H,10-11H2,1H3. The van der Waals surface area contributed by atoms with Crippen LogP contribution in [-0.2, 0) is 18.7 Å². The minimum Gasteiger partial charge on any atom is -0.497 e. The Labute approximate surface area is 206 Å². The van der Waals surface area contributed by atoms with E-state index in [4.69, 9.17) is 9.15 Å². The van der Waals surface area contributed by atoms with Gasteiger partial charge in [0.2, 0.25) is 5.89 Å². The molecule has 3 aromatic heterocycles. The van der Waals surface area contributed by atoms with E-state index in [1.54, 1.807) is 31.4 Å². The number of aromatic nitrogens is 8. The van der Waals surface area contributed by atoms with E-state index >= 15 is 0 Å². The van der Waals surface area contributed by atoms with E-state index in [9.17, 15) is 13.9 Å². The molecule has 0 bridgehead atoms. The maximum Gasteiger partial charge on any atom is 0.283 e. The van der Waals surface area contributed by atoms with Crippen LogP contribution in [0.25, 0.3) is 11.5 Å². The van der Waals surface area contributed by atoms with Gasteiger partial charge in [0.1, 0.15) is 40.7 Å². The molecule has 2 aromatic carbocycles. The van der Waals surface area contributed by atoms with Crippen LogP contribution in [0.5, 0.6) is 5.75 Å². The van der Waals surface area contributed by atoms with E-state index in [1.165, 1.54) is 34.3 Å². The highest BCUT2D eigenvalue weighted by molar-refractivity contribution is 7.99. The molecule has 5 rings (SSSR count). The number of rotatable bonds is 9. The van der Waals surface area contributed by atoms with Gasteiger partial charge in [0.15, 0.2) is 0 Å². The zero-order valence-corrected chi connectivity index (χ0v) is 19.5. The topological polar surface area (TPSA) is 130 Å². The summed E-state index contributed by atoms with van der Waals surface area (Å²) in [6.45, 7) is -0.364. The van der Waals surface area contributed by atoms with Gasteiger partial charge in [0.05, 0.1) is 26.4 Å². The van der Waals surface area contributed by atoms with Crippen LogP contribution >= 0.6 is 11.8 Å². The molecule has 0 saturated heterocycles. The van der Waals surface area contributed by atoms with Crippen molar-refractivity contribution in [3.63, 3.8) is 0 Å². The molecule has 0 aliphatic carbocycles. The van der Waals surface area contributed by atoms with Gasteiger partial charge in [-0.05, 0) is 42.1 Å². The first-order chi connectivity index (χ1) is 17.4. The summed E-state index contributed by atoms with van der Waals surface area (Å²) < 4.78 is 41.6. The molecule has 3 heterocycles. The average Bonchev–Trinajstić information content (AvgIpc) is 3.63. The fraction of sp³-hybridized carbons (Fsp3) is 0.182. The molecule has 0 fully saturated rings. The lowest BCUT2D eigenvalue weighted by atomic mass is 9.93. The lowest BCUT2D eigenvalue weighted by molar-refractivity contribution is -0.00893. The van der Waals surface area contributed by atoms with Crippen molar-refractivity contribution in [3.05, 3.63) is 78.5 Å². The predicted molar refractivity (Wildman–Crippen MR) is 121 cm³/mol. The van der Waals surface area contributed by atoms with Gasteiger partial charge in [0, 0.05) is 17.2 Å². The number of hydrogen-bond acceptors (Lipinski definition) is 10. The molecule has 1 atom stereocenters. The molecule has 184 valence electrons. The third kappa shape index (κ3) is 5.08. The highest BCUT2D eigenvalue weighted by Gasteiger charge is 2.35. The summed E-state index contributed by atoms with van der Waals surface area (Å²) in [6.07, 6.45) is 4.21. The van der Waals surface area contributed by atoms with Gasteiger partial charge in [-0.25, -0.2) is 23.1 Å². The van der Waals surface area contributed by atoms with Crippen molar-refractivity contribution >= 4 is 11.8 Å². The van der Waals surface area contributed by atoms with E-state index in [0.717, 1.165) is 23.4 Å². The predicted octanol–water partition coefficient (Wildman–Crippen LogP) is 2.95. The third-order valence-electron chi connectivity index (χ3n) is 5.20. The number of halogens is 2. The molecule has 0 amide bonds. The molecule has 0 radical (unpaired) electrons. The number of aliphatic hydroxyl groups is 1. The van der Waals surface area contributed by atoms with Gasteiger partial charge in [-0.3, -0.25) is 0 Å². The summed E-state index contributed by atoms with van der Waals surface area (Å²) in [4.78, 5) is 3.85. The summed E-state index contributed by atoms with van der Waals surface area (Å²) in [5.41, 5.74) is -1.24. The number of methoxy groups -OCH3 is 1. The van der Waals surface area contributed by atoms with Crippen LogP contribution in [0.4, 0.5) is 8.78 Å². The van der Waals surface area contributed by atoms with E-state index in [0.29, 0.717) is 22.7 Å². The van der Waals surface area contributed by atoms with Crippen molar-refractivity contribution in [1.82, 2.24) is 40.0 Å². The van der Waals surface area contributed by atoms with Crippen LogP contribution in [-0.4, -0.2) is 52.2 Å². The Morgan fingerprint density at radius 3 is 2.58 bits per heavy atom. The normalized spacial score (nSPS) is 13.0. The quantitative estimate of drug-likeness (QED) is 0.315. The number of benzene rings is 2. The molecule has 36 heavy (non-hydrogen) atoms. The van der Waals surface area contributed by atoms with Gasteiger partial charge >= 0.3 is 0 Å². The number of nitrogens with zero attached hydrogens (tertiary/aromatic N) is 8. The van der Waals surface area contributed by atoms with Gasteiger partial charge in [-0.15, -0.1) is 15.3 Å². The Balaban J connectivity index is 1.34.